The fraction of sp³-hybridized carbons (Fsp3) is 0.0667. The van der Waals surface area contributed by atoms with Crippen molar-refractivity contribution in [2.24, 2.45) is 0 Å². The Morgan fingerprint density at radius 2 is 1.91 bits per heavy atom. The number of halogens is 4. The van der Waals surface area contributed by atoms with Crippen LogP contribution in [0.1, 0.15) is 5.56 Å². The highest BCUT2D eigenvalue weighted by molar-refractivity contribution is 7.80. The second-order valence-corrected chi connectivity index (χ2v) is 5.56. The maximum Gasteiger partial charge on any atom is 0.416 e. The van der Waals surface area contributed by atoms with Crippen LogP contribution in [-0.2, 0) is 6.18 Å². The van der Waals surface area contributed by atoms with E-state index in [0.29, 0.717) is 0 Å². The van der Waals surface area contributed by atoms with Crippen molar-refractivity contribution >= 4 is 35.1 Å². The van der Waals surface area contributed by atoms with Crippen molar-refractivity contribution in [1.29, 1.82) is 0 Å². The van der Waals surface area contributed by atoms with Crippen LogP contribution < -0.4 is 5.63 Å². The number of nitrogens with zero attached hydrogens (tertiary/aromatic N) is 1. The summed E-state index contributed by atoms with van der Waals surface area (Å²) >= 11 is 9.95. The molecule has 0 bridgehead atoms. The van der Waals surface area contributed by atoms with Gasteiger partial charge in [0.1, 0.15) is 5.39 Å². The summed E-state index contributed by atoms with van der Waals surface area (Å²) in [6.45, 7) is 0. The molecule has 0 fully saturated rings. The highest BCUT2D eigenvalue weighted by Crippen LogP contribution is 2.34. The summed E-state index contributed by atoms with van der Waals surface area (Å²) in [4.78, 5) is 16.2. The Bertz CT molecular complexity index is 969. The molecule has 0 radical (unpaired) electrons. The number of rotatable bonds is 1. The maximum atomic E-state index is 12.7. The van der Waals surface area contributed by atoms with Gasteiger partial charge in [0.2, 0.25) is 5.89 Å². The predicted molar refractivity (Wildman–Crippen MR) is 83.0 cm³/mol. The highest BCUT2D eigenvalue weighted by atomic mass is 35.5. The van der Waals surface area contributed by atoms with E-state index < -0.39 is 17.4 Å². The van der Waals surface area contributed by atoms with E-state index in [4.69, 9.17) is 16.0 Å². The van der Waals surface area contributed by atoms with Crippen LogP contribution >= 0.6 is 24.2 Å². The zero-order valence-electron chi connectivity index (χ0n) is 11.2. The number of hydrogen-bond acceptors (Lipinski definition) is 4. The molecule has 3 nitrogen and oxygen atoms in total. The molecule has 23 heavy (non-hydrogen) atoms. The molecule has 0 unspecified atom stereocenters. The Labute approximate surface area is 138 Å². The van der Waals surface area contributed by atoms with E-state index in [1.165, 1.54) is 6.07 Å². The molecule has 118 valence electrons. The summed E-state index contributed by atoms with van der Waals surface area (Å²) < 4.78 is 43.1. The first-order chi connectivity index (χ1) is 10.8. The normalized spacial score (nSPS) is 11.9. The minimum atomic E-state index is -4.48. The Hall–Kier alpha value is -1.99. The quantitative estimate of drug-likeness (QED) is 0.635. The fourth-order valence-corrected chi connectivity index (χ4v) is 2.64. The molecular weight excluding hydrogens is 351 g/mol. The van der Waals surface area contributed by atoms with Gasteiger partial charge in [0, 0.05) is 4.90 Å². The van der Waals surface area contributed by atoms with Crippen LogP contribution in [0.15, 0.2) is 50.5 Å². The van der Waals surface area contributed by atoms with Gasteiger partial charge in [-0.2, -0.15) is 13.2 Å². The summed E-state index contributed by atoms with van der Waals surface area (Å²) in [5.41, 5.74) is -1.10. The molecule has 0 aliphatic rings. The third-order valence-corrected chi connectivity index (χ3v) is 3.85. The smallest absolute Gasteiger partial charge is 0.403 e. The summed E-state index contributed by atoms with van der Waals surface area (Å²) in [5, 5.41) is 0.305. The monoisotopic (exact) mass is 357 g/mol. The van der Waals surface area contributed by atoms with Crippen molar-refractivity contribution in [3.05, 3.63) is 57.4 Å². The minimum absolute atomic E-state index is 0.00291. The number of alkyl halides is 3. The van der Waals surface area contributed by atoms with E-state index >= 15 is 0 Å². The molecular formula is C15H7ClF3NO2S. The van der Waals surface area contributed by atoms with E-state index in [-0.39, 0.29) is 32.3 Å². The lowest BCUT2D eigenvalue weighted by molar-refractivity contribution is -0.137. The fourth-order valence-electron chi connectivity index (χ4n) is 2.08. The topological polar surface area (TPSA) is 43.1 Å². The van der Waals surface area contributed by atoms with Crippen LogP contribution in [-0.4, -0.2) is 4.98 Å². The highest BCUT2D eigenvalue weighted by Gasteiger charge is 2.31. The van der Waals surface area contributed by atoms with Crippen molar-refractivity contribution in [3.63, 3.8) is 0 Å². The molecule has 0 amide bonds. The van der Waals surface area contributed by atoms with Gasteiger partial charge in [-0.25, -0.2) is 9.78 Å². The molecule has 0 aliphatic heterocycles. The van der Waals surface area contributed by atoms with Crippen LogP contribution in [0, 0.1) is 0 Å². The van der Waals surface area contributed by atoms with Gasteiger partial charge in [0.15, 0.2) is 0 Å². The van der Waals surface area contributed by atoms with Gasteiger partial charge in [-0.15, -0.1) is 12.6 Å². The second kappa shape index (κ2) is 5.58. The Kier molecular flexibility index (Phi) is 3.85. The number of thiol groups is 1. The van der Waals surface area contributed by atoms with Crippen molar-refractivity contribution in [2.45, 2.75) is 11.1 Å². The van der Waals surface area contributed by atoms with Crippen LogP contribution in [0.3, 0.4) is 0 Å². The molecule has 0 saturated heterocycles. The average Bonchev–Trinajstić information content (AvgIpc) is 2.45. The first-order valence-corrected chi connectivity index (χ1v) is 7.10. The van der Waals surface area contributed by atoms with Gasteiger partial charge < -0.3 is 4.42 Å². The third-order valence-electron chi connectivity index (χ3n) is 3.16. The number of hydrogen-bond donors (Lipinski definition) is 1. The van der Waals surface area contributed by atoms with E-state index in [2.05, 4.69) is 17.6 Å². The Morgan fingerprint density at radius 1 is 1.17 bits per heavy atom. The molecule has 0 aliphatic carbocycles. The summed E-state index contributed by atoms with van der Waals surface area (Å²) in [7, 11) is 0. The predicted octanol–water partition coefficient (Wildman–Crippen LogP) is 4.82. The van der Waals surface area contributed by atoms with Gasteiger partial charge in [-0.3, -0.25) is 0 Å². The van der Waals surface area contributed by atoms with E-state index in [1.54, 1.807) is 12.1 Å². The molecule has 0 N–H and O–H groups in total. The molecule has 0 spiro atoms. The molecule has 1 aromatic heterocycles. The van der Waals surface area contributed by atoms with Gasteiger partial charge in [0.05, 0.1) is 21.7 Å². The number of aromatic nitrogens is 1. The largest absolute Gasteiger partial charge is 0.416 e. The molecule has 3 aromatic rings. The standard InChI is InChI=1S/C15H7ClF3NO2S/c16-9-2-1-3-10-12(9)14(21)22-13(20-10)8-5-4-7(6-11(8)23)15(17,18)19/h1-6,23H. The molecule has 8 heteroatoms. The Morgan fingerprint density at radius 3 is 2.57 bits per heavy atom. The zero-order valence-corrected chi connectivity index (χ0v) is 12.8. The summed E-state index contributed by atoms with van der Waals surface area (Å²) in [6, 6.07) is 7.57. The van der Waals surface area contributed by atoms with Crippen molar-refractivity contribution in [2.75, 3.05) is 0 Å². The SMILES string of the molecule is O=c1oc(-c2ccc(C(F)(F)F)cc2S)nc2cccc(Cl)c12. The number of fused-ring (bicyclic) bond motifs is 1. The molecule has 3 rings (SSSR count). The van der Waals surface area contributed by atoms with Gasteiger partial charge in [0.25, 0.3) is 0 Å². The molecule has 0 saturated carbocycles. The molecule has 2 aromatic carbocycles. The van der Waals surface area contributed by atoms with Crippen LogP contribution in [0.5, 0.6) is 0 Å². The lowest BCUT2D eigenvalue weighted by Gasteiger charge is -2.10. The van der Waals surface area contributed by atoms with Gasteiger partial charge >= 0.3 is 11.8 Å². The first-order valence-electron chi connectivity index (χ1n) is 6.27. The minimum Gasteiger partial charge on any atom is -0.403 e. The van der Waals surface area contributed by atoms with Gasteiger partial charge in [-0.05, 0) is 30.3 Å². The zero-order chi connectivity index (χ0) is 16.8. The van der Waals surface area contributed by atoms with E-state index in [1.807, 2.05) is 0 Å². The summed E-state index contributed by atoms with van der Waals surface area (Å²) in [5.74, 6) is -0.122. The lowest BCUT2D eigenvalue weighted by atomic mass is 10.1. The van der Waals surface area contributed by atoms with E-state index in [0.717, 1.165) is 18.2 Å². The van der Waals surface area contributed by atoms with Crippen molar-refractivity contribution in [3.8, 4) is 11.5 Å². The average molecular weight is 358 g/mol. The second-order valence-electron chi connectivity index (χ2n) is 4.67. The van der Waals surface area contributed by atoms with Crippen molar-refractivity contribution in [1.82, 2.24) is 4.98 Å². The van der Waals surface area contributed by atoms with Crippen LogP contribution in [0.25, 0.3) is 22.4 Å². The Balaban J connectivity index is 2.20. The van der Waals surface area contributed by atoms with Gasteiger partial charge in [-0.1, -0.05) is 17.7 Å². The summed E-state index contributed by atoms with van der Waals surface area (Å²) in [6.07, 6.45) is -4.48. The number of benzene rings is 2. The van der Waals surface area contributed by atoms with Crippen molar-refractivity contribution < 1.29 is 17.6 Å². The van der Waals surface area contributed by atoms with Crippen LogP contribution in [0.2, 0.25) is 5.02 Å². The maximum absolute atomic E-state index is 12.7. The van der Waals surface area contributed by atoms with Crippen LogP contribution in [0.4, 0.5) is 13.2 Å². The third kappa shape index (κ3) is 2.94. The first kappa shape index (κ1) is 15.9. The molecule has 0 atom stereocenters. The lowest BCUT2D eigenvalue weighted by Crippen LogP contribution is -2.06. The van der Waals surface area contributed by atoms with E-state index in [9.17, 15) is 18.0 Å². The molecule has 1 heterocycles.